The molecule has 0 unspecified atom stereocenters. The highest BCUT2D eigenvalue weighted by Gasteiger charge is 2.17. The van der Waals surface area contributed by atoms with Gasteiger partial charge in [0.25, 0.3) is 0 Å². The van der Waals surface area contributed by atoms with Gasteiger partial charge in [-0.1, -0.05) is 19.3 Å². The van der Waals surface area contributed by atoms with E-state index in [-0.39, 0.29) is 5.97 Å². The maximum absolute atomic E-state index is 11.1. The minimum absolute atomic E-state index is 0.207. The molecule has 1 aliphatic carbocycles. The minimum atomic E-state index is -0.207. The summed E-state index contributed by atoms with van der Waals surface area (Å²) in [7, 11) is 1.40. The van der Waals surface area contributed by atoms with Crippen LogP contribution >= 0.6 is 0 Å². The molecule has 0 spiro atoms. The van der Waals surface area contributed by atoms with E-state index in [4.69, 9.17) is 0 Å². The van der Waals surface area contributed by atoms with Crippen molar-refractivity contribution in [1.82, 2.24) is 9.97 Å². The van der Waals surface area contributed by atoms with Gasteiger partial charge in [-0.2, -0.15) is 0 Å². The highest BCUT2D eigenvalue weighted by atomic mass is 16.5. The molecule has 4 heteroatoms. The Bertz CT molecular complexity index is 401. The second-order valence-electron chi connectivity index (χ2n) is 4.81. The topological polar surface area (TPSA) is 52.1 Å². The number of hydrogen-bond donors (Lipinski definition) is 0. The van der Waals surface area contributed by atoms with Crippen LogP contribution in [-0.2, 0) is 16.0 Å². The van der Waals surface area contributed by atoms with E-state index >= 15 is 0 Å². The number of carbonyl (C=O) groups is 1. The van der Waals surface area contributed by atoms with Crippen LogP contribution in [0.4, 0.5) is 0 Å². The molecule has 4 nitrogen and oxygen atoms in total. The van der Waals surface area contributed by atoms with Crippen LogP contribution in [0, 0.1) is 0 Å². The molecule has 0 aliphatic heterocycles. The van der Waals surface area contributed by atoms with Crippen LogP contribution in [0.3, 0.4) is 0 Å². The van der Waals surface area contributed by atoms with Crippen LogP contribution in [0.15, 0.2) is 12.3 Å². The van der Waals surface area contributed by atoms with E-state index in [0.29, 0.717) is 18.8 Å². The first kappa shape index (κ1) is 13.0. The Morgan fingerprint density at radius 2 is 2.17 bits per heavy atom. The van der Waals surface area contributed by atoms with Gasteiger partial charge in [-0.15, -0.1) is 0 Å². The predicted octanol–water partition coefficient (Wildman–Crippen LogP) is 2.63. The van der Waals surface area contributed by atoms with Crippen LogP contribution in [0.2, 0.25) is 0 Å². The summed E-state index contributed by atoms with van der Waals surface area (Å²) in [5.74, 6) is 1.13. The molecule has 1 fully saturated rings. The zero-order valence-corrected chi connectivity index (χ0v) is 10.9. The molecule has 1 aliphatic rings. The van der Waals surface area contributed by atoms with E-state index in [1.54, 1.807) is 0 Å². The standard InChI is InChI=1S/C14H20N2O2/c1-18-14(17)8-7-13-15-10-9-12(16-13)11-5-3-2-4-6-11/h9-11H,2-8H2,1H3. The van der Waals surface area contributed by atoms with Crippen molar-refractivity contribution in [2.24, 2.45) is 0 Å². The number of esters is 1. The Morgan fingerprint density at radius 1 is 1.39 bits per heavy atom. The molecular weight excluding hydrogens is 228 g/mol. The zero-order valence-electron chi connectivity index (χ0n) is 10.9. The summed E-state index contributed by atoms with van der Waals surface area (Å²) in [5.41, 5.74) is 1.14. The molecular formula is C14H20N2O2. The summed E-state index contributed by atoms with van der Waals surface area (Å²) in [6.45, 7) is 0. The van der Waals surface area contributed by atoms with Crippen molar-refractivity contribution in [1.29, 1.82) is 0 Å². The van der Waals surface area contributed by atoms with Crippen molar-refractivity contribution in [3.8, 4) is 0 Å². The maximum Gasteiger partial charge on any atom is 0.305 e. The van der Waals surface area contributed by atoms with E-state index in [0.717, 1.165) is 11.5 Å². The lowest BCUT2D eigenvalue weighted by molar-refractivity contribution is -0.140. The average Bonchev–Trinajstić information content (AvgIpc) is 2.46. The number of carbonyl (C=O) groups excluding carboxylic acids is 1. The van der Waals surface area contributed by atoms with Gasteiger partial charge < -0.3 is 4.74 Å². The number of rotatable bonds is 4. The van der Waals surface area contributed by atoms with Gasteiger partial charge in [0, 0.05) is 24.2 Å². The lowest BCUT2D eigenvalue weighted by Crippen LogP contribution is -2.10. The van der Waals surface area contributed by atoms with Crippen LogP contribution < -0.4 is 0 Å². The summed E-state index contributed by atoms with van der Waals surface area (Å²) in [5, 5.41) is 0. The largest absolute Gasteiger partial charge is 0.469 e. The normalized spacial score (nSPS) is 16.5. The summed E-state index contributed by atoms with van der Waals surface area (Å²) >= 11 is 0. The van der Waals surface area contributed by atoms with Crippen LogP contribution in [-0.4, -0.2) is 23.0 Å². The molecule has 0 radical (unpaired) electrons. The zero-order chi connectivity index (χ0) is 12.8. The van der Waals surface area contributed by atoms with E-state index in [2.05, 4.69) is 14.7 Å². The second kappa shape index (κ2) is 6.47. The maximum atomic E-state index is 11.1. The number of nitrogens with zero attached hydrogens (tertiary/aromatic N) is 2. The third-order valence-corrected chi connectivity index (χ3v) is 3.53. The van der Waals surface area contributed by atoms with Crippen molar-refractivity contribution in [2.75, 3.05) is 7.11 Å². The fourth-order valence-corrected chi connectivity index (χ4v) is 2.48. The number of ether oxygens (including phenoxy) is 1. The van der Waals surface area contributed by atoms with Gasteiger partial charge in [0.15, 0.2) is 0 Å². The quantitative estimate of drug-likeness (QED) is 0.769. The third-order valence-electron chi connectivity index (χ3n) is 3.53. The number of methoxy groups -OCH3 is 1. The van der Waals surface area contributed by atoms with Gasteiger partial charge in [0.05, 0.1) is 13.5 Å². The van der Waals surface area contributed by atoms with E-state index in [1.807, 2.05) is 12.3 Å². The Kier molecular flexibility index (Phi) is 4.67. The van der Waals surface area contributed by atoms with Crippen molar-refractivity contribution in [2.45, 2.75) is 50.9 Å². The van der Waals surface area contributed by atoms with E-state index in [1.165, 1.54) is 39.2 Å². The molecule has 0 aromatic carbocycles. The first-order valence-electron chi connectivity index (χ1n) is 6.68. The fourth-order valence-electron chi connectivity index (χ4n) is 2.48. The Hall–Kier alpha value is -1.45. The molecule has 1 aromatic heterocycles. The highest BCUT2D eigenvalue weighted by Crippen LogP contribution is 2.31. The first-order chi connectivity index (χ1) is 8.79. The smallest absolute Gasteiger partial charge is 0.305 e. The lowest BCUT2D eigenvalue weighted by Gasteiger charge is -2.21. The molecule has 0 bridgehead atoms. The van der Waals surface area contributed by atoms with E-state index in [9.17, 15) is 4.79 Å². The first-order valence-corrected chi connectivity index (χ1v) is 6.68. The molecule has 18 heavy (non-hydrogen) atoms. The summed E-state index contributed by atoms with van der Waals surface area (Å²) in [6, 6.07) is 2.01. The molecule has 98 valence electrons. The minimum Gasteiger partial charge on any atom is -0.469 e. The van der Waals surface area contributed by atoms with E-state index < -0.39 is 0 Å². The van der Waals surface area contributed by atoms with Crippen molar-refractivity contribution < 1.29 is 9.53 Å². The number of aryl methyl sites for hydroxylation is 1. The molecule has 0 atom stereocenters. The molecule has 1 aromatic rings. The molecule has 1 saturated carbocycles. The van der Waals surface area contributed by atoms with Crippen molar-refractivity contribution in [3.05, 3.63) is 23.8 Å². The number of hydrogen-bond acceptors (Lipinski definition) is 4. The van der Waals surface area contributed by atoms with Crippen LogP contribution in [0.5, 0.6) is 0 Å². The third kappa shape index (κ3) is 3.52. The molecule has 1 heterocycles. The molecule has 0 N–H and O–H groups in total. The van der Waals surface area contributed by atoms with Gasteiger partial charge in [-0.05, 0) is 18.9 Å². The van der Waals surface area contributed by atoms with Gasteiger partial charge in [0.1, 0.15) is 5.82 Å². The Balaban J connectivity index is 1.98. The van der Waals surface area contributed by atoms with Gasteiger partial charge in [-0.3, -0.25) is 4.79 Å². The van der Waals surface area contributed by atoms with Crippen LogP contribution in [0.25, 0.3) is 0 Å². The van der Waals surface area contributed by atoms with Gasteiger partial charge in [0.2, 0.25) is 0 Å². The SMILES string of the molecule is COC(=O)CCc1nccc(C2CCCCC2)n1. The van der Waals surface area contributed by atoms with Gasteiger partial charge >= 0.3 is 5.97 Å². The second-order valence-corrected chi connectivity index (χ2v) is 4.81. The van der Waals surface area contributed by atoms with Crippen molar-refractivity contribution >= 4 is 5.97 Å². The Labute approximate surface area is 108 Å². The summed E-state index contributed by atoms with van der Waals surface area (Å²) < 4.78 is 4.62. The number of aromatic nitrogens is 2. The van der Waals surface area contributed by atoms with Gasteiger partial charge in [-0.25, -0.2) is 9.97 Å². The monoisotopic (exact) mass is 248 g/mol. The van der Waals surface area contributed by atoms with Crippen molar-refractivity contribution in [3.63, 3.8) is 0 Å². The molecule has 0 amide bonds. The fraction of sp³-hybridized carbons (Fsp3) is 0.643. The lowest BCUT2D eigenvalue weighted by atomic mass is 9.87. The molecule has 0 saturated heterocycles. The predicted molar refractivity (Wildman–Crippen MR) is 68.2 cm³/mol. The highest BCUT2D eigenvalue weighted by molar-refractivity contribution is 5.69. The molecule has 2 rings (SSSR count). The summed E-state index contributed by atoms with van der Waals surface area (Å²) in [6.07, 6.45) is 9.12. The Morgan fingerprint density at radius 3 is 2.89 bits per heavy atom. The average molecular weight is 248 g/mol. The summed E-state index contributed by atoms with van der Waals surface area (Å²) in [4.78, 5) is 19.9. The van der Waals surface area contributed by atoms with Crippen LogP contribution in [0.1, 0.15) is 56.0 Å².